The number of nitrogens with two attached hydrogens (primary N) is 2. The number of hydrogen-bond donors (Lipinski definition) is 4. The Hall–Kier alpha value is -13.1. The Kier molecular flexibility index (Phi) is 20.9. The predicted molar refractivity (Wildman–Crippen MR) is 531 cm³/mol. The zero-order valence-corrected chi connectivity index (χ0v) is 77.8. The van der Waals surface area contributed by atoms with Crippen LogP contribution in [0.1, 0.15) is 211 Å². The van der Waals surface area contributed by atoms with Crippen molar-refractivity contribution < 1.29 is 0 Å². The molecule has 0 spiro atoms. The van der Waals surface area contributed by atoms with E-state index in [2.05, 4.69) is 419 Å². The van der Waals surface area contributed by atoms with Crippen molar-refractivity contribution in [3.8, 4) is 135 Å². The van der Waals surface area contributed by atoms with Crippen LogP contribution in [0.4, 0.5) is 11.9 Å². The molecule has 5 heterocycles. The predicted octanol–water partition coefficient (Wildman–Crippen LogP) is 29.7. The molecule has 0 atom stereocenters. The third-order valence-electron chi connectivity index (χ3n) is 25.3. The zero-order valence-electron chi connectivity index (χ0n) is 77.8. The van der Waals surface area contributed by atoms with Crippen molar-refractivity contribution in [1.82, 2.24) is 49.8 Å². The number of anilines is 2. The highest BCUT2D eigenvalue weighted by molar-refractivity contribution is 6.12. The summed E-state index contributed by atoms with van der Waals surface area (Å²) >= 11 is 0. The standard InChI is InChI=1S/C114H118N12/c1-107(2,3)73-41-25-65(26-42-73)81-57-89-93(61-85(81)69-33-49-77(50-34-69)111(13,14)15)101-119-97(89)117-98-90-58-82(66-27-43-74(44-28-66)108(4,5)6)86(70-35-51-78(52-36-70)112(16,17)18)62-94(90)102(120-98)125-106(116)126-104-96-64-88(72-39-55-80(56-40-72)114(22,23)24)84(68-31-47-76(48-32-68)110(10,11)12)60-92(96)100(122-104)118-99-91-59-83(67-29-45-75(46-30-67)109(7,8)9)87(63-95(91)103(121-99)124-105(115)123-101)71-37-53-79(54-38-71)113(19,20)21/h25-64H,1-24H3,(H6,115,116,117,118,119,120,121,122,123,124,125,126). The first-order valence-corrected chi connectivity index (χ1v) is 44.3. The van der Waals surface area contributed by atoms with Crippen LogP contribution in [-0.4, -0.2) is 49.8 Å². The molecule has 2 aliphatic rings. The van der Waals surface area contributed by atoms with E-state index in [1.807, 2.05) is 0 Å². The van der Waals surface area contributed by atoms with E-state index >= 15 is 0 Å². The summed E-state index contributed by atoms with van der Waals surface area (Å²) in [6.45, 7) is 54.0. The van der Waals surface area contributed by atoms with Gasteiger partial charge in [-0.2, -0.15) is 19.9 Å². The molecular formula is C114H118N12. The number of fused-ring (bicyclic) bond motifs is 20. The quantitative estimate of drug-likeness (QED) is 0.114. The van der Waals surface area contributed by atoms with Crippen LogP contribution in [0.3, 0.4) is 0 Å². The number of hydrogen-bond acceptors (Lipinski definition) is 10. The SMILES string of the molecule is CC(C)(C)c1ccc(-c2cc3c(cc2-c2ccc(C(C)(C)C)cc2)-c2nc-3nc(N)nc3[nH]c(nc4nc(nc(N)nc5[nH]c(n2)c2cc(-c6ccc(C(C)(C)C)cc6)c(-c6ccc(C(C)(C)C)cc6)cc52)-c2cc(-c5ccc(C(C)(C)C)cc5)c(-c5ccc(C(C)(C)C)cc5)cc2-4)c2cc(-c4ccc(C(C)(C)C)cc4)c(-c4ccc(C(C)(C)C)cc4)cc32)cc1. The average molecular weight is 1660 g/mol. The largest absolute Gasteiger partial charge is 0.368 e. The number of benzene rings is 12. The number of rotatable bonds is 8. The Morgan fingerprint density at radius 1 is 0.167 bits per heavy atom. The van der Waals surface area contributed by atoms with Crippen LogP contribution in [0.2, 0.25) is 0 Å². The Morgan fingerprint density at radius 2 is 0.310 bits per heavy atom. The molecule has 0 unspecified atom stereocenters. The third kappa shape index (κ3) is 16.7. The van der Waals surface area contributed by atoms with Gasteiger partial charge in [0.2, 0.25) is 11.9 Å². The maximum atomic E-state index is 7.59. The summed E-state index contributed by atoms with van der Waals surface area (Å²) in [5.41, 5.74) is 45.2. The maximum absolute atomic E-state index is 7.59. The molecule has 0 saturated heterocycles. The molecule has 2 aliphatic heterocycles. The molecule has 17 rings (SSSR count). The monoisotopic (exact) mass is 1650 g/mol. The molecule has 0 saturated carbocycles. The minimum atomic E-state index is -0.0877. The fourth-order valence-electron chi connectivity index (χ4n) is 17.4. The van der Waals surface area contributed by atoms with Gasteiger partial charge in [-0.05, 0) is 225 Å². The van der Waals surface area contributed by atoms with Gasteiger partial charge >= 0.3 is 0 Å². The van der Waals surface area contributed by atoms with E-state index in [-0.39, 0.29) is 55.2 Å². The zero-order chi connectivity index (χ0) is 89.6. The van der Waals surface area contributed by atoms with E-state index in [0.29, 0.717) is 45.9 Å². The molecule has 0 fully saturated rings. The summed E-state index contributed by atoms with van der Waals surface area (Å²) in [5, 5.41) is 3.05. The molecule has 6 N–H and O–H groups in total. The Labute approximate surface area is 743 Å². The second-order valence-electron chi connectivity index (χ2n) is 42.9. The van der Waals surface area contributed by atoms with Gasteiger partial charge in [0.1, 0.15) is 22.6 Å². The molecule has 0 aliphatic carbocycles. The lowest BCUT2D eigenvalue weighted by molar-refractivity contribution is 0.590. The van der Waals surface area contributed by atoms with Crippen molar-refractivity contribution in [2.24, 2.45) is 0 Å². The second-order valence-corrected chi connectivity index (χ2v) is 42.9. The summed E-state index contributed by atoms with van der Waals surface area (Å²) in [5.74, 6) is 1.35. The molecule has 126 heavy (non-hydrogen) atoms. The molecule has 12 aromatic carbocycles. The minimum absolute atomic E-state index is 0.0494. The van der Waals surface area contributed by atoms with Gasteiger partial charge in [0.15, 0.2) is 23.3 Å². The smallest absolute Gasteiger partial charge is 0.224 e. The van der Waals surface area contributed by atoms with Crippen molar-refractivity contribution >= 4 is 56.0 Å². The Morgan fingerprint density at radius 3 is 0.468 bits per heavy atom. The summed E-state index contributed by atoms with van der Waals surface area (Å²) in [7, 11) is 0. The molecule has 634 valence electrons. The van der Waals surface area contributed by atoms with E-state index in [0.717, 1.165) is 133 Å². The number of nitrogens with one attached hydrogen (secondary N) is 2. The van der Waals surface area contributed by atoms with Crippen LogP contribution < -0.4 is 11.5 Å². The summed E-state index contributed by atoms with van der Waals surface area (Å²) < 4.78 is 0. The molecule has 3 aromatic heterocycles. The molecule has 12 nitrogen and oxygen atoms in total. The molecule has 15 aromatic rings. The lowest BCUT2D eigenvalue weighted by Crippen LogP contribution is -2.10. The first-order valence-electron chi connectivity index (χ1n) is 44.3. The average Bonchev–Trinajstić information content (AvgIpc) is 1.58. The van der Waals surface area contributed by atoms with Crippen molar-refractivity contribution in [2.45, 2.75) is 209 Å². The van der Waals surface area contributed by atoms with Crippen molar-refractivity contribution in [3.63, 3.8) is 0 Å². The minimum Gasteiger partial charge on any atom is -0.368 e. The lowest BCUT2D eigenvalue weighted by Gasteiger charge is -2.21. The molecule has 12 heteroatoms. The molecule has 8 bridgehead atoms. The van der Waals surface area contributed by atoms with E-state index in [1.54, 1.807) is 0 Å². The molecule has 0 radical (unpaired) electrons. The van der Waals surface area contributed by atoms with Gasteiger partial charge in [-0.25, -0.2) is 19.9 Å². The van der Waals surface area contributed by atoms with Gasteiger partial charge in [-0.3, -0.25) is 0 Å². The number of H-pyrrole nitrogens is 2. The van der Waals surface area contributed by atoms with Crippen LogP contribution in [0.25, 0.3) is 179 Å². The topological polar surface area (TPSA) is 187 Å². The van der Waals surface area contributed by atoms with Crippen molar-refractivity contribution in [1.29, 1.82) is 0 Å². The number of aromatic nitrogens is 10. The Balaban J connectivity index is 1.03. The van der Waals surface area contributed by atoms with Gasteiger partial charge in [-0.1, -0.05) is 360 Å². The fraction of sp³-hybridized carbons (Fsp3) is 0.281. The fourth-order valence-corrected chi connectivity index (χ4v) is 17.4. The normalized spacial score (nSPS) is 12.8. The van der Waals surface area contributed by atoms with E-state index in [1.165, 1.54) is 44.5 Å². The number of nitrogens with zero attached hydrogens (tertiary/aromatic N) is 8. The van der Waals surface area contributed by atoms with E-state index in [4.69, 9.17) is 51.3 Å². The van der Waals surface area contributed by atoms with Gasteiger partial charge in [-0.15, -0.1) is 0 Å². The van der Waals surface area contributed by atoms with Gasteiger partial charge < -0.3 is 21.4 Å². The van der Waals surface area contributed by atoms with Crippen LogP contribution in [-0.2, 0) is 43.3 Å². The summed E-state index contributed by atoms with van der Waals surface area (Å²) in [6, 6.07) is 89.5. The summed E-state index contributed by atoms with van der Waals surface area (Å²) in [6.07, 6.45) is 0. The van der Waals surface area contributed by atoms with Crippen LogP contribution in [0.5, 0.6) is 0 Å². The third-order valence-corrected chi connectivity index (χ3v) is 25.3. The first-order chi connectivity index (χ1) is 59.2. The lowest BCUT2D eigenvalue weighted by atomic mass is 9.84. The molecular weight excluding hydrogens is 1540 g/mol. The number of nitrogen functional groups attached to an aromatic ring is 2. The molecule has 0 amide bonds. The summed E-state index contributed by atoms with van der Waals surface area (Å²) in [4.78, 5) is 52.0. The van der Waals surface area contributed by atoms with Crippen LogP contribution in [0, 0.1) is 0 Å². The maximum Gasteiger partial charge on any atom is 0.224 e. The van der Waals surface area contributed by atoms with Gasteiger partial charge in [0.05, 0.1) is 0 Å². The first kappa shape index (κ1) is 85.1. The highest BCUT2D eigenvalue weighted by atomic mass is 15.1. The van der Waals surface area contributed by atoms with Crippen molar-refractivity contribution in [3.05, 3.63) is 287 Å². The highest BCUT2D eigenvalue weighted by Crippen LogP contribution is 2.49. The number of aromatic amines is 2. The van der Waals surface area contributed by atoms with E-state index < -0.39 is 0 Å². The van der Waals surface area contributed by atoms with Crippen LogP contribution >= 0.6 is 0 Å². The highest BCUT2D eigenvalue weighted by Gasteiger charge is 2.31. The van der Waals surface area contributed by atoms with Crippen molar-refractivity contribution in [2.75, 3.05) is 11.5 Å². The van der Waals surface area contributed by atoms with E-state index in [9.17, 15) is 0 Å². The van der Waals surface area contributed by atoms with Gasteiger partial charge in [0.25, 0.3) is 0 Å². The van der Waals surface area contributed by atoms with Crippen LogP contribution in [0.15, 0.2) is 243 Å². The second kappa shape index (κ2) is 31.0. The van der Waals surface area contributed by atoms with Gasteiger partial charge in [0, 0.05) is 43.8 Å². The Bertz CT molecular complexity index is 6620.